The summed E-state index contributed by atoms with van der Waals surface area (Å²) in [4.78, 5) is 12.2. The van der Waals surface area contributed by atoms with E-state index in [1.165, 1.54) is 70.3 Å². The molecular formula is C26H41FO2. The summed E-state index contributed by atoms with van der Waals surface area (Å²) >= 11 is 0. The Kier molecular flexibility index (Phi) is 11.3. The molecule has 2 rings (SSSR count). The highest BCUT2D eigenvalue weighted by atomic mass is 19.1. The van der Waals surface area contributed by atoms with Crippen molar-refractivity contribution in [3.05, 3.63) is 29.6 Å². The first-order valence-corrected chi connectivity index (χ1v) is 12.1. The molecule has 29 heavy (non-hydrogen) atoms. The Morgan fingerprint density at radius 2 is 1.59 bits per heavy atom. The smallest absolute Gasteiger partial charge is 0.311 e. The molecule has 1 saturated carbocycles. The zero-order valence-corrected chi connectivity index (χ0v) is 18.7. The molecule has 0 amide bonds. The third-order valence-electron chi connectivity index (χ3n) is 6.48. The first kappa shape index (κ1) is 23.9. The molecule has 0 N–H and O–H groups in total. The molecule has 2 nitrogen and oxygen atoms in total. The summed E-state index contributed by atoms with van der Waals surface area (Å²) in [6.45, 7) is 4.47. The Morgan fingerprint density at radius 1 is 0.931 bits per heavy atom. The van der Waals surface area contributed by atoms with Crippen molar-refractivity contribution in [3.8, 4) is 5.75 Å². The van der Waals surface area contributed by atoms with E-state index < -0.39 is 0 Å². The van der Waals surface area contributed by atoms with Gasteiger partial charge in [-0.15, -0.1) is 0 Å². The molecule has 3 heteroatoms. The number of carbonyl (C=O) groups is 1. The highest BCUT2D eigenvalue weighted by Gasteiger charge is 2.21. The zero-order chi connectivity index (χ0) is 20.9. The van der Waals surface area contributed by atoms with Crippen LogP contribution in [0.1, 0.15) is 109 Å². The van der Waals surface area contributed by atoms with Gasteiger partial charge in [0.2, 0.25) is 0 Å². The maximum atomic E-state index is 14.3. The van der Waals surface area contributed by atoms with E-state index >= 15 is 0 Å². The first-order chi connectivity index (χ1) is 14.1. The number of rotatable bonds is 13. The van der Waals surface area contributed by atoms with Crippen molar-refractivity contribution < 1.29 is 13.9 Å². The maximum absolute atomic E-state index is 14.3. The first-order valence-electron chi connectivity index (χ1n) is 12.1. The summed E-state index contributed by atoms with van der Waals surface area (Å²) in [5.74, 6) is 1.39. The van der Waals surface area contributed by atoms with E-state index in [1.54, 1.807) is 12.1 Å². The van der Waals surface area contributed by atoms with Crippen LogP contribution in [0.5, 0.6) is 5.75 Å². The van der Waals surface area contributed by atoms with Crippen LogP contribution in [0.15, 0.2) is 18.2 Å². The number of ether oxygens (including phenoxy) is 1. The number of aryl methyl sites for hydroxylation is 1. The van der Waals surface area contributed by atoms with Gasteiger partial charge in [-0.25, -0.2) is 4.39 Å². The molecule has 0 heterocycles. The molecular weight excluding hydrogens is 363 g/mol. The number of carbonyl (C=O) groups excluding carboxylic acids is 1. The normalized spacial score (nSPS) is 19.3. The minimum atomic E-state index is -0.252. The molecule has 1 aliphatic carbocycles. The standard InChI is InChI=1S/C26H41FO2/c1-3-5-6-7-8-9-11-23-17-18-24(20-25(23)27)29-26(28)19-16-22-14-12-21(10-4-2)13-15-22/h17-18,20-22H,3-16,19H2,1-2H3/t21-,22-. The fourth-order valence-corrected chi connectivity index (χ4v) is 4.61. The molecule has 0 aromatic heterocycles. The van der Waals surface area contributed by atoms with Crippen LogP contribution in [0, 0.1) is 17.7 Å². The highest BCUT2D eigenvalue weighted by molar-refractivity contribution is 5.72. The van der Waals surface area contributed by atoms with Crippen LogP contribution in [0.4, 0.5) is 4.39 Å². The van der Waals surface area contributed by atoms with Gasteiger partial charge in [-0.3, -0.25) is 4.79 Å². The predicted octanol–water partition coefficient (Wildman–Crippen LogP) is 8.02. The zero-order valence-electron chi connectivity index (χ0n) is 18.7. The summed E-state index contributed by atoms with van der Waals surface area (Å²) < 4.78 is 19.7. The lowest BCUT2D eigenvalue weighted by atomic mass is 9.78. The van der Waals surface area contributed by atoms with Gasteiger partial charge < -0.3 is 4.74 Å². The second kappa shape index (κ2) is 13.8. The molecule has 0 saturated heterocycles. The highest BCUT2D eigenvalue weighted by Crippen LogP contribution is 2.33. The third kappa shape index (κ3) is 9.31. The van der Waals surface area contributed by atoms with E-state index in [0.29, 0.717) is 18.1 Å². The number of esters is 1. The molecule has 1 aromatic carbocycles. The van der Waals surface area contributed by atoms with Crippen LogP contribution in [-0.4, -0.2) is 5.97 Å². The number of benzene rings is 1. The van der Waals surface area contributed by atoms with Crippen LogP contribution in [0.25, 0.3) is 0 Å². The Morgan fingerprint density at radius 3 is 2.24 bits per heavy atom. The third-order valence-corrected chi connectivity index (χ3v) is 6.48. The van der Waals surface area contributed by atoms with E-state index in [-0.39, 0.29) is 11.8 Å². The summed E-state index contributed by atoms with van der Waals surface area (Å²) in [6, 6.07) is 4.89. The van der Waals surface area contributed by atoms with Gasteiger partial charge >= 0.3 is 5.97 Å². The Balaban J connectivity index is 1.66. The number of halogens is 1. The molecule has 164 valence electrons. The molecule has 0 spiro atoms. The minimum Gasteiger partial charge on any atom is -0.426 e. The summed E-state index contributed by atoms with van der Waals surface area (Å²) in [5, 5.41) is 0. The topological polar surface area (TPSA) is 26.3 Å². The van der Waals surface area contributed by atoms with Gasteiger partial charge in [-0.1, -0.05) is 90.5 Å². The lowest BCUT2D eigenvalue weighted by molar-refractivity contribution is -0.134. The van der Waals surface area contributed by atoms with E-state index in [2.05, 4.69) is 13.8 Å². The summed E-state index contributed by atoms with van der Waals surface area (Å²) in [7, 11) is 0. The second-order valence-electron chi connectivity index (χ2n) is 8.96. The quantitative estimate of drug-likeness (QED) is 0.189. The van der Waals surface area contributed by atoms with Crippen LogP contribution in [0.2, 0.25) is 0 Å². The summed E-state index contributed by atoms with van der Waals surface area (Å²) in [6.07, 6.45) is 17.0. The number of hydrogen-bond donors (Lipinski definition) is 0. The van der Waals surface area contributed by atoms with E-state index in [0.717, 1.165) is 37.2 Å². The molecule has 1 aliphatic rings. The molecule has 0 aliphatic heterocycles. The molecule has 1 aromatic rings. The van der Waals surface area contributed by atoms with Gasteiger partial charge in [0.1, 0.15) is 11.6 Å². The van der Waals surface area contributed by atoms with Crippen molar-refractivity contribution in [2.45, 2.75) is 110 Å². The van der Waals surface area contributed by atoms with Gasteiger partial charge in [0.25, 0.3) is 0 Å². The largest absolute Gasteiger partial charge is 0.426 e. The molecule has 0 atom stereocenters. The van der Waals surface area contributed by atoms with Crippen molar-refractivity contribution in [2.75, 3.05) is 0 Å². The van der Waals surface area contributed by atoms with E-state index in [4.69, 9.17) is 4.74 Å². The van der Waals surface area contributed by atoms with Crippen LogP contribution in [0.3, 0.4) is 0 Å². The number of hydrogen-bond acceptors (Lipinski definition) is 2. The lowest BCUT2D eigenvalue weighted by Crippen LogP contribution is -2.17. The van der Waals surface area contributed by atoms with Crippen molar-refractivity contribution in [1.82, 2.24) is 0 Å². The monoisotopic (exact) mass is 404 g/mol. The van der Waals surface area contributed by atoms with Gasteiger partial charge in [-0.2, -0.15) is 0 Å². The summed E-state index contributed by atoms with van der Waals surface area (Å²) in [5.41, 5.74) is 0.726. The number of unbranched alkanes of at least 4 members (excludes halogenated alkanes) is 5. The van der Waals surface area contributed by atoms with Crippen LogP contribution < -0.4 is 4.74 Å². The maximum Gasteiger partial charge on any atom is 0.311 e. The SMILES string of the molecule is CCCCCCCCc1ccc(OC(=O)CC[C@H]2CC[C@H](CCC)CC2)cc1F. The molecule has 0 unspecified atom stereocenters. The van der Waals surface area contributed by atoms with E-state index in [9.17, 15) is 9.18 Å². The molecule has 1 fully saturated rings. The average Bonchev–Trinajstić information content (AvgIpc) is 2.72. The van der Waals surface area contributed by atoms with Crippen molar-refractivity contribution in [1.29, 1.82) is 0 Å². The fraction of sp³-hybridized carbons (Fsp3) is 0.731. The fourth-order valence-electron chi connectivity index (χ4n) is 4.61. The Hall–Kier alpha value is -1.38. The van der Waals surface area contributed by atoms with Crippen molar-refractivity contribution in [2.24, 2.45) is 11.8 Å². The van der Waals surface area contributed by atoms with Gasteiger partial charge in [-0.05, 0) is 42.7 Å². The average molecular weight is 405 g/mol. The molecule has 0 bridgehead atoms. The Bertz CT molecular complexity index is 590. The van der Waals surface area contributed by atoms with Crippen LogP contribution >= 0.6 is 0 Å². The van der Waals surface area contributed by atoms with Crippen molar-refractivity contribution >= 4 is 5.97 Å². The van der Waals surface area contributed by atoms with Crippen molar-refractivity contribution in [3.63, 3.8) is 0 Å². The second-order valence-corrected chi connectivity index (χ2v) is 8.96. The van der Waals surface area contributed by atoms with Gasteiger partial charge in [0.05, 0.1) is 0 Å². The lowest BCUT2D eigenvalue weighted by Gasteiger charge is -2.28. The van der Waals surface area contributed by atoms with Gasteiger partial charge in [0, 0.05) is 12.5 Å². The predicted molar refractivity (Wildman–Crippen MR) is 119 cm³/mol. The van der Waals surface area contributed by atoms with Gasteiger partial charge in [0.15, 0.2) is 0 Å². The van der Waals surface area contributed by atoms with E-state index in [1.807, 2.05) is 0 Å². The molecule has 0 radical (unpaired) electrons. The minimum absolute atomic E-state index is 0.233. The Labute approximate surface area is 177 Å². The van der Waals surface area contributed by atoms with Crippen LogP contribution in [-0.2, 0) is 11.2 Å².